The van der Waals surface area contributed by atoms with Crippen molar-refractivity contribution >= 4 is 11.9 Å². The summed E-state index contributed by atoms with van der Waals surface area (Å²) in [5, 5.41) is 3.06. The molecule has 0 radical (unpaired) electrons. The summed E-state index contributed by atoms with van der Waals surface area (Å²) in [6.45, 7) is 6.11. The highest BCUT2D eigenvalue weighted by Gasteiger charge is 2.18. The van der Waals surface area contributed by atoms with Gasteiger partial charge in [0.1, 0.15) is 0 Å². The molecule has 1 atom stereocenters. The fourth-order valence-electron chi connectivity index (χ4n) is 1.88. The summed E-state index contributed by atoms with van der Waals surface area (Å²) in [6.07, 6.45) is 2.51. The fraction of sp³-hybridized carbons (Fsp3) is 0.833. The molecule has 0 aromatic heterocycles. The number of esters is 1. The van der Waals surface area contributed by atoms with Gasteiger partial charge < -0.3 is 15.0 Å². The average molecular weight is 242 g/mol. The molecule has 5 heteroatoms. The van der Waals surface area contributed by atoms with Gasteiger partial charge in [0, 0.05) is 19.1 Å². The van der Waals surface area contributed by atoms with E-state index in [-0.39, 0.29) is 17.9 Å². The van der Waals surface area contributed by atoms with Gasteiger partial charge in [-0.05, 0) is 26.7 Å². The second-order valence-electron chi connectivity index (χ2n) is 4.38. The normalized spacial score (nSPS) is 16.9. The molecule has 1 rings (SSSR count). The molecule has 1 saturated heterocycles. The van der Waals surface area contributed by atoms with Gasteiger partial charge in [-0.3, -0.25) is 9.59 Å². The van der Waals surface area contributed by atoms with Crippen LogP contribution in [-0.4, -0.2) is 49.1 Å². The maximum absolute atomic E-state index is 11.7. The summed E-state index contributed by atoms with van der Waals surface area (Å²) < 4.78 is 4.84. The van der Waals surface area contributed by atoms with Gasteiger partial charge in [0.2, 0.25) is 5.91 Å². The Morgan fingerprint density at radius 1 is 1.35 bits per heavy atom. The van der Waals surface area contributed by atoms with E-state index in [4.69, 9.17) is 4.74 Å². The number of hydrogen-bond acceptors (Lipinski definition) is 4. The standard InChI is InChI=1S/C12H22N2O3/c1-3-17-12(16)8-10(2)13-9-11(15)14-6-4-5-7-14/h10,13H,3-9H2,1-2H3. The highest BCUT2D eigenvalue weighted by Crippen LogP contribution is 2.06. The van der Waals surface area contributed by atoms with Crippen molar-refractivity contribution in [3.63, 3.8) is 0 Å². The van der Waals surface area contributed by atoms with Gasteiger partial charge in [0.15, 0.2) is 0 Å². The molecule has 1 fully saturated rings. The Morgan fingerprint density at radius 2 is 2.00 bits per heavy atom. The molecule has 1 aliphatic rings. The second-order valence-corrected chi connectivity index (χ2v) is 4.38. The van der Waals surface area contributed by atoms with E-state index in [2.05, 4.69) is 5.32 Å². The molecule has 5 nitrogen and oxygen atoms in total. The number of nitrogens with zero attached hydrogens (tertiary/aromatic N) is 1. The van der Waals surface area contributed by atoms with Crippen molar-refractivity contribution in [3.05, 3.63) is 0 Å². The Kier molecular flexibility index (Phi) is 5.97. The number of hydrogen-bond donors (Lipinski definition) is 1. The zero-order valence-electron chi connectivity index (χ0n) is 10.7. The summed E-state index contributed by atoms with van der Waals surface area (Å²) in [5.74, 6) is -0.0978. The van der Waals surface area contributed by atoms with Crippen LogP contribution in [0.1, 0.15) is 33.1 Å². The molecule has 1 amide bonds. The summed E-state index contributed by atoms with van der Waals surface area (Å²) in [7, 11) is 0. The number of ether oxygens (including phenoxy) is 1. The van der Waals surface area contributed by atoms with Crippen molar-refractivity contribution in [3.8, 4) is 0 Å². The van der Waals surface area contributed by atoms with Gasteiger partial charge >= 0.3 is 5.97 Å². The van der Waals surface area contributed by atoms with Crippen LogP contribution in [0.4, 0.5) is 0 Å². The lowest BCUT2D eigenvalue weighted by Crippen LogP contribution is -2.40. The Bertz CT molecular complexity index is 262. The van der Waals surface area contributed by atoms with E-state index < -0.39 is 0 Å². The van der Waals surface area contributed by atoms with Crippen LogP contribution < -0.4 is 5.32 Å². The molecule has 0 aromatic carbocycles. The van der Waals surface area contributed by atoms with Crippen molar-refractivity contribution in [1.82, 2.24) is 10.2 Å². The lowest BCUT2D eigenvalue weighted by Gasteiger charge is -2.18. The number of carbonyl (C=O) groups excluding carboxylic acids is 2. The monoisotopic (exact) mass is 242 g/mol. The van der Waals surface area contributed by atoms with E-state index in [0.29, 0.717) is 19.6 Å². The zero-order chi connectivity index (χ0) is 12.7. The smallest absolute Gasteiger partial charge is 0.307 e. The Morgan fingerprint density at radius 3 is 2.59 bits per heavy atom. The highest BCUT2D eigenvalue weighted by molar-refractivity contribution is 5.78. The Hall–Kier alpha value is -1.10. The molecule has 1 N–H and O–H groups in total. The first-order valence-corrected chi connectivity index (χ1v) is 6.30. The van der Waals surface area contributed by atoms with E-state index in [1.807, 2.05) is 11.8 Å². The summed E-state index contributed by atoms with van der Waals surface area (Å²) >= 11 is 0. The van der Waals surface area contributed by atoms with Crippen LogP contribution >= 0.6 is 0 Å². The number of nitrogens with one attached hydrogen (secondary N) is 1. The van der Waals surface area contributed by atoms with Crippen molar-refractivity contribution in [1.29, 1.82) is 0 Å². The first-order valence-electron chi connectivity index (χ1n) is 6.30. The quantitative estimate of drug-likeness (QED) is 0.691. The molecular formula is C12H22N2O3. The van der Waals surface area contributed by atoms with Gasteiger partial charge in [-0.25, -0.2) is 0 Å². The van der Waals surface area contributed by atoms with Gasteiger partial charge in [-0.1, -0.05) is 0 Å². The Labute approximate surface area is 102 Å². The third-order valence-corrected chi connectivity index (χ3v) is 2.84. The Balaban J connectivity index is 2.16. The van der Waals surface area contributed by atoms with E-state index >= 15 is 0 Å². The number of carbonyl (C=O) groups is 2. The van der Waals surface area contributed by atoms with Crippen LogP contribution in [0.2, 0.25) is 0 Å². The van der Waals surface area contributed by atoms with Gasteiger partial charge in [-0.2, -0.15) is 0 Å². The van der Waals surface area contributed by atoms with Crippen molar-refractivity contribution < 1.29 is 14.3 Å². The van der Waals surface area contributed by atoms with Gasteiger partial charge in [-0.15, -0.1) is 0 Å². The largest absolute Gasteiger partial charge is 0.466 e. The summed E-state index contributed by atoms with van der Waals surface area (Å²) in [6, 6.07) is -0.0272. The topological polar surface area (TPSA) is 58.6 Å². The number of likely N-dealkylation sites (tertiary alicyclic amines) is 1. The first kappa shape index (κ1) is 14.0. The van der Waals surface area contributed by atoms with Crippen LogP contribution in [0.3, 0.4) is 0 Å². The fourth-order valence-corrected chi connectivity index (χ4v) is 1.88. The minimum Gasteiger partial charge on any atom is -0.466 e. The van der Waals surface area contributed by atoms with Gasteiger partial charge in [0.25, 0.3) is 0 Å². The summed E-state index contributed by atoms with van der Waals surface area (Å²) in [4.78, 5) is 24.8. The molecule has 1 unspecified atom stereocenters. The van der Waals surface area contributed by atoms with Crippen molar-refractivity contribution in [2.24, 2.45) is 0 Å². The lowest BCUT2D eigenvalue weighted by molar-refractivity contribution is -0.143. The van der Waals surface area contributed by atoms with Crippen LogP contribution in [0, 0.1) is 0 Å². The minimum absolute atomic E-state index is 0.0272. The maximum Gasteiger partial charge on any atom is 0.307 e. The molecule has 17 heavy (non-hydrogen) atoms. The molecule has 98 valence electrons. The third-order valence-electron chi connectivity index (χ3n) is 2.84. The molecule has 1 heterocycles. The third kappa shape index (κ3) is 5.17. The maximum atomic E-state index is 11.7. The predicted molar refractivity (Wildman–Crippen MR) is 64.5 cm³/mol. The molecule has 0 bridgehead atoms. The van der Waals surface area contributed by atoms with Crippen LogP contribution in [0.5, 0.6) is 0 Å². The van der Waals surface area contributed by atoms with E-state index in [0.717, 1.165) is 25.9 Å². The first-order chi connectivity index (χ1) is 8.13. The molecule has 0 aliphatic carbocycles. The van der Waals surface area contributed by atoms with E-state index in [1.54, 1.807) is 6.92 Å². The van der Waals surface area contributed by atoms with Crippen molar-refractivity contribution in [2.45, 2.75) is 39.2 Å². The minimum atomic E-state index is -0.221. The number of rotatable bonds is 6. The predicted octanol–water partition coefficient (Wildman–Crippen LogP) is 0.540. The average Bonchev–Trinajstić information content (AvgIpc) is 2.79. The van der Waals surface area contributed by atoms with Crippen LogP contribution in [0.25, 0.3) is 0 Å². The molecule has 0 saturated carbocycles. The van der Waals surface area contributed by atoms with E-state index in [1.165, 1.54) is 0 Å². The lowest BCUT2D eigenvalue weighted by atomic mass is 10.2. The van der Waals surface area contributed by atoms with Gasteiger partial charge in [0.05, 0.1) is 19.6 Å². The van der Waals surface area contributed by atoms with Crippen molar-refractivity contribution in [2.75, 3.05) is 26.2 Å². The van der Waals surface area contributed by atoms with Crippen LogP contribution in [-0.2, 0) is 14.3 Å². The molecular weight excluding hydrogens is 220 g/mol. The molecule has 0 aromatic rings. The van der Waals surface area contributed by atoms with Crippen LogP contribution in [0.15, 0.2) is 0 Å². The SMILES string of the molecule is CCOC(=O)CC(C)NCC(=O)N1CCCC1. The summed E-state index contributed by atoms with van der Waals surface area (Å²) in [5.41, 5.74) is 0. The second kappa shape index (κ2) is 7.27. The van der Waals surface area contributed by atoms with E-state index in [9.17, 15) is 9.59 Å². The molecule has 1 aliphatic heterocycles. The molecule has 0 spiro atoms. The number of amides is 1. The zero-order valence-corrected chi connectivity index (χ0v) is 10.7. The highest BCUT2D eigenvalue weighted by atomic mass is 16.5.